The van der Waals surface area contributed by atoms with Crippen LogP contribution in [0.1, 0.15) is 57.0 Å². The standard InChI is InChI=1S/C25H32N6/c1-14(2)29-17(5)18-10-11-19-15(3)22(30-20(19)12-18)16(4)21-23(26-9)27-13-28-24(21)31-25(6,7)8/h10-14,29-30H,4-5,9H2,1-3,6-8H3,(H,27,28,31). The van der Waals surface area contributed by atoms with Crippen molar-refractivity contribution in [1.29, 1.82) is 0 Å². The lowest BCUT2D eigenvalue weighted by molar-refractivity contribution is 0.629. The minimum atomic E-state index is -0.185. The lowest BCUT2D eigenvalue weighted by Gasteiger charge is -2.24. The molecule has 2 aromatic heterocycles. The van der Waals surface area contributed by atoms with E-state index >= 15 is 0 Å². The van der Waals surface area contributed by atoms with Gasteiger partial charge in [0.25, 0.3) is 0 Å². The van der Waals surface area contributed by atoms with Gasteiger partial charge in [-0.05, 0) is 65.5 Å². The van der Waals surface area contributed by atoms with Crippen LogP contribution >= 0.6 is 0 Å². The summed E-state index contributed by atoms with van der Waals surface area (Å²) in [6.07, 6.45) is 1.49. The van der Waals surface area contributed by atoms with Crippen molar-refractivity contribution in [3.05, 3.63) is 60.1 Å². The zero-order valence-corrected chi connectivity index (χ0v) is 19.3. The molecule has 6 heteroatoms. The molecule has 0 radical (unpaired) electrons. The van der Waals surface area contributed by atoms with E-state index in [1.54, 1.807) is 0 Å². The molecule has 0 amide bonds. The smallest absolute Gasteiger partial charge is 0.164 e. The van der Waals surface area contributed by atoms with E-state index in [0.29, 0.717) is 17.7 Å². The van der Waals surface area contributed by atoms with Crippen LogP contribution in [-0.4, -0.2) is 33.3 Å². The van der Waals surface area contributed by atoms with Crippen molar-refractivity contribution >= 4 is 40.5 Å². The third kappa shape index (κ3) is 4.68. The maximum atomic E-state index is 4.46. The van der Waals surface area contributed by atoms with Crippen LogP contribution < -0.4 is 10.6 Å². The largest absolute Gasteiger partial charge is 0.383 e. The number of benzene rings is 1. The van der Waals surface area contributed by atoms with E-state index in [-0.39, 0.29) is 5.54 Å². The van der Waals surface area contributed by atoms with Crippen LogP contribution in [0.4, 0.5) is 11.6 Å². The molecule has 0 fully saturated rings. The summed E-state index contributed by atoms with van der Waals surface area (Å²) >= 11 is 0. The summed E-state index contributed by atoms with van der Waals surface area (Å²) in [5, 5.41) is 7.94. The highest BCUT2D eigenvalue weighted by molar-refractivity contribution is 5.96. The Morgan fingerprint density at radius 3 is 2.48 bits per heavy atom. The summed E-state index contributed by atoms with van der Waals surface area (Å²) < 4.78 is 0. The number of rotatable bonds is 7. The van der Waals surface area contributed by atoms with E-state index in [1.165, 1.54) is 6.33 Å². The predicted octanol–water partition coefficient (Wildman–Crippen LogP) is 5.84. The Hall–Kier alpha value is -3.41. The fourth-order valence-electron chi connectivity index (χ4n) is 3.61. The van der Waals surface area contributed by atoms with Crippen LogP contribution in [0.15, 0.2) is 42.7 Å². The molecule has 0 aliphatic carbocycles. The molecule has 1 aromatic carbocycles. The Labute approximate surface area is 184 Å². The summed E-state index contributed by atoms with van der Waals surface area (Å²) in [6, 6.07) is 6.63. The third-order valence-corrected chi connectivity index (χ3v) is 4.94. The number of aromatic nitrogens is 3. The van der Waals surface area contributed by atoms with Crippen molar-refractivity contribution < 1.29 is 0 Å². The number of fused-ring (bicyclic) bond motifs is 1. The lowest BCUT2D eigenvalue weighted by Crippen LogP contribution is -2.27. The summed E-state index contributed by atoms with van der Waals surface area (Å²) in [5.74, 6) is 1.18. The summed E-state index contributed by atoms with van der Waals surface area (Å²) in [7, 11) is 0. The average molecular weight is 417 g/mol. The monoisotopic (exact) mass is 416 g/mol. The molecule has 0 saturated carbocycles. The summed E-state index contributed by atoms with van der Waals surface area (Å²) in [5.41, 5.74) is 6.32. The second-order valence-corrected chi connectivity index (χ2v) is 9.10. The number of hydrogen-bond donors (Lipinski definition) is 3. The number of hydrogen-bond acceptors (Lipinski definition) is 5. The second-order valence-electron chi connectivity index (χ2n) is 9.10. The molecule has 0 atom stereocenters. The average Bonchev–Trinajstić information content (AvgIpc) is 3.01. The van der Waals surface area contributed by atoms with Crippen molar-refractivity contribution in [1.82, 2.24) is 20.3 Å². The zero-order chi connectivity index (χ0) is 22.9. The molecule has 2 heterocycles. The Kier molecular flexibility index (Phi) is 6.02. The van der Waals surface area contributed by atoms with Crippen LogP contribution in [0.3, 0.4) is 0 Å². The van der Waals surface area contributed by atoms with E-state index < -0.39 is 0 Å². The number of anilines is 1. The van der Waals surface area contributed by atoms with Gasteiger partial charge in [0, 0.05) is 39.4 Å². The molecule has 3 N–H and O–H groups in total. The van der Waals surface area contributed by atoms with E-state index in [9.17, 15) is 0 Å². The maximum absolute atomic E-state index is 4.46. The van der Waals surface area contributed by atoms with Gasteiger partial charge in [0.2, 0.25) is 0 Å². The number of H-pyrrole nitrogens is 1. The zero-order valence-electron chi connectivity index (χ0n) is 19.3. The van der Waals surface area contributed by atoms with Gasteiger partial charge in [-0.1, -0.05) is 25.3 Å². The number of aromatic amines is 1. The van der Waals surface area contributed by atoms with E-state index in [2.05, 4.69) is 110 Å². The predicted molar refractivity (Wildman–Crippen MR) is 133 cm³/mol. The fourth-order valence-corrected chi connectivity index (χ4v) is 3.61. The van der Waals surface area contributed by atoms with Gasteiger partial charge in [0.15, 0.2) is 5.82 Å². The Balaban J connectivity index is 2.10. The van der Waals surface area contributed by atoms with Gasteiger partial charge in [-0.3, -0.25) is 0 Å². The summed E-state index contributed by atoms with van der Waals surface area (Å²) in [6.45, 7) is 24.8. The van der Waals surface area contributed by atoms with Crippen molar-refractivity contribution in [2.24, 2.45) is 4.99 Å². The number of nitrogens with one attached hydrogen (secondary N) is 3. The van der Waals surface area contributed by atoms with Crippen molar-refractivity contribution in [3.8, 4) is 0 Å². The highest BCUT2D eigenvalue weighted by Gasteiger charge is 2.22. The molecular formula is C25H32N6. The third-order valence-electron chi connectivity index (χ3n) is 4.94. The van der Waals surface area contributed by atoms with Gasteiger partial charge < -0.3 is 15.6 Å². The van der Waals surface area contributed by atoms with Crippen molar-refractivity contribution in [2.45, 2.75) is 53.1 Å². The Bertz CT molecular complexity index is 1160. The molecule has 0 saturated heterocycles. The van der Waals surface area contributed by atoms with E-state index in [1.807, 2.05) is 0 Å². The second kappa shape index (κ2) is 8.38. The molecule has 0 bridgehead atoms. The van der Waals surface area contributed by atoms with E-state index in [4.69, 9.17) is 0 Å². The number of aryl methyl sites for hydroxylation is 1. The van der Waals surface area contributed by atoms with Gasteiger partial charge in [-0.25, -0.2) is 15.0 Å². The van der Waals surface area contributed by atoms with Gasteiger partial charge >= 0.3 is 0 Å². The minimum Gasteiger partial charge on any atom is -0.383 e. The minimum absolute atomic E-state index is 0.185. The van der Waals surface area contributed by atoms with Crippen LogP contribution in [0.2, 0.25) is 0 Å². The molecule has 0 unspecified atom stereocenters. The first-order chi connectivity index (χ1) is 14.5. The van der Waals surface area contributed by atoms with Gasteiger partial charge in [-0.2, -0.15) is 0 Å². The molecule has 6 nitrogen and oxygen atoms in total. The molecule has 0 aliphatic rings. The van der Waals surface area contributed by atoms with Crippen LogP contribution in [0.25, 0.3) is 22.2 Å². The Morgan fingerprint density at radius 2 is 1.87 bits per heavy atom. The first kappa shape index (κ1) is 22.3. The van der Waals surface area contributed by atoms with Gasteiger partial charge in [0.1, 0.15) is 12.1 Å². The number of nitrogens with zero attached hydrogens (tertiary/aromatic N) is 3. The van der Waals surface area contributed by atoms with Crippen molar-refractivity contribution in [2.75, 3.05) is 5.32 Å². The number of aliphatic imine (C=N–C) groups is 1. The molecule has 3 aromatic rings. The molecular weight excluding hydrogens is 384 g/mol. The molecule has 0 aliphatic heterocycles. The van der Waals surface area contributed by atoms with Crippen LogP contribution in [0.5, 0.6) is 0 Å². The topological polar surface area (TPSA) is 78.0 Å². The normalized spacial score (nSPS) is 11.6. The quantitative estimate of drug-likeness (QED) is 0.423. The molecule has 3 rings (SSSR count). The first-order valence-electron chi connectivity index (χ1n) is 10.4. The highest BCUT2D eigenvalue weighted by atomic mass is 15.1. The highest BCUT2D eigenvalue weighted by Crippen LogP contribution is 2.37. The van der Waals surface area contributed by atoms with Gasteiger partial charge in [-0.15, -0.1) is 0 Å². The molecule has 0 spiro atoms. The van der Waals surface area contributed by atoms with Crippen LogP contribution in [0, 0.1) is 6.92 Å². The molecule has 31 heavy (non-hydrogen) atoms. The van der Waals surface area contributed by atoms with Gasteiger partial charge in [0.05, 0.1) is 5.56 Å². The maximum Gasteiger partial charge on any atom is 0.164 e. The first-order valence-corrected chi connectivity index (χ1v) is 10.4. The fraction of sp³-hybridized carbons (Fsp3) is 0.320. The lowest BCUT2D eigenvalue weighted by atomic mass is 10.00. The Morgan fingerprint density at radius 1 is 1.16 bits per heavy atom. The summed E-state index contributed by atoms with van der Waals surface area (Å²) in [4.78, 5) is 16.4. The van der Waals surface area contributed by atoms with E-state index in [0.717, 1.165) is 44.6 Å². The molecule has 162 valence electrons. The van der Waals surface area contributed by atoms with Crippen LogP contribution in [-0.2, 0) is 0 Å². The SMILES string of the molecule is C=Nc1ncnc(NC(C)(C)C)c1C(=C)c1[nH]c2cc(C(=C)NC(C)C)ccc2c1C. The van der Waals surface area contributed by atoms with Crippen molar-refractivity contribution in [3.63, 3.8) is 0 Å².